The fourth-order valence-corrected chi connectivity index (χ4v) is 4.08. The minimum atomic E-state index is -2.61. The van der Waals surface area contributed by atoms with E-state index in [9.17, 15) is 8.78 Å². The standard InChI is InChI=1S/C21H18F2N4/c1-26-8-2-3-14-9-15(11-25-20(14)26)13-4-5-16-17-12-24-7-6-18(17)27(21(22)23)19(16)10-13/h4-7,9-12,21H,2-3,8H2,1H3. The molecule has 0 aliphatic carbocycles. The molecule has 4 nitrogen and oxygen atoms in total. The molecule has 1 aromatic carbocycles. The molecule has 0 amide bonds. The van der Waals surface area contributed by atoms with Gasteiger partial charge in [0, 0.05) is 48.5 Å². The third kappa shape index (κ3) is 2.47. The van der Waals surface area contributed by atoms with E-state index in [4.69, 9.17) is 0 Å². The number of rotatable bonds is 2. The Kier molecular flexibility index (Phi) is 3.60. The van der Waals surface area contributed by atoms with Crippen LogP contribution in [-0.2, 0) is 6.42 Å². The summed E-state index contributed by atoms with van der Waals surface area (Å²) < 4.78 is 28.7. The van der Waals surface area contributed by atoms with E-state index in [1.165, 1.54) is 5.56 Å². The van der Waals surface area contributed by atoms with Gasteiger partial charge in [-0.15, -0.1) is 0 Å². The van der Waals surface area contributed by atoms with Gasteiger partial charge in [-0.05, 0) is 42.2 Å². The first-order valence-electron chi connectivity index (χ1n) is 9.00. The second-order valence-corrected chi connectivity index (χ2v) is 7.00. The minimum Gasteiger partial charge on any atom is -0.359 e. The second kappa shape index (κ2) is 6.01. The molecule has 4 heterocycles. The maximum absolute atomic E-state index is 13.8. The molecule has 1 aliphatic heterocycles. The lowest BCUT2D eigenvalue weighted by Crippen LogP contribution is -2.25. The van der Waals surface area contributed by atoms with Crippen LogP contribution in [0, 0.1) is 0 Å². The van der Waals surface area contributed by atoms with E-state index in [1.54, 1.807) is 18.5 Å². The third-order valence-corrected chi connectivity index (χ3v) is 5.38. The lowest BCUT2D eigenvalue weighted by Gasteiger charge is -2.26. The summed E-state index contributed by atoms with van der Waals surface area (Å²) in [6, 6.07) is 9.48. The van der Waals surface area contributed by atoms with Crippen molar-refractivity contribution in [1.29, 1.82) is 0 Å². The van der Waals surface area contributed by atoms with Crippen LogP contribution in [0.3, 0.4) is 0 Å². The van der Waals surface area contributed by atoms with Gasteiger partial charge < -0.3 is 4.90 Å². The Morgan fingerprint density at radius 2 is 1.89 bits per heavy atom. The van der Waals surface area contributed by atoms with Crippen LogP contribution >= 0.6 is 0 Å². The normalized spacial score (nSPS) is 14.3. The third-order valence-electron chi connectivity index (χ3n) is 5.38. The molecule has 0 atom stereocenters. The molecule has 0 saturated heterocycles. The van der Waals surface area contributed by atoms with Crippen molar-refractivity contribution in [3.8, 4) is 11.1 Å². The molecule has 0 fully saturated rings. The van der Waals surface area contributed by atoms with Crippen molar-refractivity contribution in [2.45, 2.75) is 19.4 Å². The van der Waals surface area contributed by atoms with Crippen LogP contribution in [0.2, 0.25) is 0 Å². The molecule has 27 heavy (non-hydrogen) atoms. The summed E-state index contributed by atoms with van der Waals surface area (Å²) in [6.07, 6.45) is 7.11. The highest BCUT2D eigenvalue weighted by Gasteiger charge is 2.19. The predicted octanol–water partition coefficient (Wildman–Crippen LogP) is 5.03. The van der Waals surface area contributed by atoms with Crippen LogP contribution in [0.4, 0.5) is 14.6 Å². The van der Waals surface area contributed by atoms with Crippen molar-refractivity contribution in [2.24, 2.45) is 0 Å². The zero-order valence-corrected chi connectivity index (χ0v) is 14.9. The van der Waals surface area contributed by atoms with Gasteiger partial charge in [0.1, 0.15) is 5.82 Å². The topological polar surface area (TPSA) is 34.0 Å². The molecule has 0 N–H and O–H groups in total. The van der Waals surface area contributed by atoms with E-state index < -0.39 is 6.55 Å². The van der Waals surface area contributed by atoms with Crippen molar-refractivity contribution in [3.05, 3.63) is 54.5 Å². The van der Waals surface area contributed by atoms with E-state index in [2.05, 4.69) is 20.9 Å². The number of aryl methyl sites for hydroxylation is 1. The maximum Gasteiger partial charge on any atom is 0.319 e. The van der Waals surface area contributed by atoms with Crippen LogP contribution in [0.1, 0.15) is 18.5 Å². The van der Waals surface area contributed by atoms with Gasteiger partial charge in [0.05, 0.1) is 11.0 Å². The highest BCUT2D eigenvalue weighted by molar-refractivity contribution is 6.08. The first kappa shape index (κ1) is 16.2. The lowest BCUT2D eigenvalue weighted by molar-refractivity contribution is 0.0796. The number of fused-ring (bicyclic) bond motifs is 4. The van der Waals surface area contributed by atoms with Crippen molar-refractivity contribution >= 4 is 27.6 Å². The monoisotopic (exact) mass is 364 g/mol. The molecule has 136 valence electrons. The zero-order chi connectivity index (χ0) is 18.5. The summed E-state index contributed by atoms with van der Waals surface area (Å²) in [5, 5.41) is 1.53. The summed E-state index contributed by atoms with van der Waals surface area (Å²) in [6.45, 7) is -1.61. The van der Waals surface area contributed by atoms with Crippen LogP contribution in [-0.4, -0.2) is 28.1 Å². The molecule has 1 aliphatic rings. The number of benzene rings is 1. The fourth-order valence-electron chi connectivity index (χ4n) is 4.08. The molecule has 0 spiro atoms. The van der Waals surface area contributed by atoms with Gasteiger partial charge in [-0.25, -0.2) is 4.98 Å². The van der Waals surface area contributed by atoms with Crippen molar-refractivity contribution in [1.82, 2.24) is 14.5 Å². The highest BCUT2D eigenvalue weighted by Crippen LogP contribution is 2.36. The first-order chi connectivity index (χ1) is 13.1. The summed E-state index contributed by atoms with van der Waals surface area (Å²) in [7, 11) is 2.05. The lowest BCUT2D eigenvalue weighted by atomic mass is 10.00. The van der Waals surface area contributed by atoms with Crippen molar-refractivity contribution < 1.29 is 8.78 Å². The molecular weight excluding hydrogens is 346 g/mol. The Hall–Kier alpha value is -3.02. The Morgan fingerprint density at radius 1 is 1.00 bits per heavy atom. The van der Waals surface area contributed by atoms with Gasteiger partial charge in [0.15, 0.2) is 0 Å². The predicted molar refractivity (Wildman–Crippen MR) is 103 cm³/mol. The minimum absolute atomic E-state index is 0.498. The summed E-state index contributed by atoms with van der Waals surface area (Å²) in [4.78, 5) is 10.9. The van der Waals surface area contributed by atoms with E-state index in [-0.39, 0.29) is 0 Å². The second-order valence-electron chi connectivity index (χ2n) is 7.00. The number of hydrogen-bond donors (Lipinski definition) is 0. The van der Waals surface area contributed by atoms with Crippen LogP contribution in [0.25, 0.3) is 32.9 Å². The van der Waals surface area contributed by atoms with Gasteiger partial charge in [0.2, 0.25) is 0 Å². The summed E-state index contributed by atoms with van der Waals surface area (Å²) >= 11 is 0. The molecule has 0 radical (unpaired) electrons. The Bertz CT molecular complexity index is 1170. The van der Waals surface area contributed by atoms with Gasteiger partial charge >= 0.3 is 6.55 Å². The van der Waals surface area contributed by atoms with E-state index in [0.29, 0.717) is 11.0 Å². The molecule has 0 unspecified atom stereocenters. The van der Waals surface area contributed by atoms with E-state index in [1.807, 2.05) is 31.4 Å². The summed E-state index contributed by atoms with van der Waals surface area (Å²) in [5.41, 5.74) is 4.07. The smallest absolute Gasteiger partial charge is 0.319 e. The molecule has 3 aromatic heterocycles. The molecule has 4 aromatic rings. The number of anilines is 1. The van der Waals surface area contributed by atoms with Crippen molar-refractivity contribution in [2.75, 3.05) is 18.5 Å². The molecule has 5 rings (SSSR count). The zero-order valence-electron chi connectivity index (χ0n) is 14.9. The van der Waals surface area contributed by atoms with E-state index in [0.717, 1.165) is 51.7 Å². The molecule has 6 heteroatoms. The van der Waals surface area contributed by atoms with Gasteiger partial charge in [-0.1, -0.05) is 12.1 Å². The number of alkyl halides is 2. The Labute approximate surface area is 155 Å². The number of aromatic nitrogens is 3. The van der Waals surface area contributed by atoms with Crippen LogP contribution in [0.15, 0.2) is 48.9 Å². The Balaban J connectivity index is 1.71. The quantitative estimate of drug-likeness (QED) is 0.500. The SMILES string of the molecule is CN1CCCc2cc(-c3ccc4c5cnccc5n(C(F)F)c4c3)cnc21. The van der Waals surface area contributed by atoms with Gasteiger partial charge in [-0.3, -0.25) is 9.55 Å². The maximum atomic E-state index is 13.8. The van der Waals surface area contributed by atoms with Crippen LogP contribution < -0.4 is 4.90 Å². The average molecular weight is 364 g/mol. The molecular formula is C21H18F2N4. The molecule has 0 saturated carbocycles. The Morgan fingerprint density at radius 3 is 2.74 bits per heavy atom. The van der Waals surface area contributed by atoms with Gasteiger partial charge in [-0.2, -0.15) is 8.78 Å². The molecule has 0 bridgehead atoms. The number of hydrogen-bond acceptors (Lipinski definition) is 3. The van der Waals surface area contributed by atoms with Gasteiger partial charge in [0.25, 0.3) is 0 Å². The number of pyridine rings is 2. The average Bonchev–Trinajstić information content (AvgIpc) is 3.01. The fraction of sp³-hybridized carbons (Fsp3) is 0.238. The highest BCUT2D eigenvalue weighted by atomic mass is 19.3. The van der Waals surface area contributed by atoms with E-state index >= 15 is 0 Å². The number of halogens is 2. The van der Waals surface area contributed by atoms with Crippen LogP contribution in [0.5, 0.6) is 0 Å². The van der Waals surface area contributed by atoms with Crippen molar-refractivity contribution in [3.63, 3.8) is 0 Å². The number of nitrogens with zero attached hydrogens (tertiary/aromatic N) is 4. The summed E-state index contributed by atoms with van der Waals surface area (Å²) in [5.74, 6) is 1.01. The first-order valence-corrected chi connectivity index (χ1v) is 9.00. The largest absolute Gasteiger partial charge is 0.359 e.